The summed E-state index contributed by atoms with van der Waals surface area (Å²) in [6, 6.07) is 0. The van der Waals surface area contributed by atoms with Crippen LogP contribution < -0.4 is 0 Å². The monoisotopic (exact) mass is 294 g/mol. The second kappa shape index (κ2) is 10.4. The molecule has 2 aliphatic carbocycles. The molecule has 0 aliphatic heterocycles. The van der Waals surface area contributed by atoms with Crippen molar-refractivity contribution < 1.29 is 19.5 Å². The minimum Gasteiger partial charge on any atom is -0.358 e. The number of hydrogen-bond acceptors (Lipinski definition) is 0. The van der Waals surface area contributed by atoms with E-state index in [1.54, 1.807) is 11.1 Å². The van der Waals surface area contributed by atoms with Gasteiger partial charge >= 0.3 is 0 Å². The van der Waals surface area contributed by atoms with E-state index < -0.39 is 0 Å². The third kappa shape index (κ3) is 5.47. The molecular formula is C14H23Rh-. The molecule has 15 heavy (non-hydrogen) atoms. The quantitative estimate of drug-likeness (QED) is 0.442. The van der Waals surface area contributed by atoms with Crippen LogP contribution in [0, 0.1) is 7.43 Å². The van der Waals surface area contributed by atoms with Crippen LogP contribution in [0.25, 0.3) is 0 Å². The predicted octanol–water partition coefficient (Wildman–Crippen LogP) is 4.85. The molecule has 0 amide bonds. The third-order valence-electron chi connectivity index (χ3n) is 2.46. The summed E-state index contributed by atoms with van der Waals surface area (Å²) in [5.74, 6) is 0. The molecule has 0 heterocycles. The van der Waals surface area contributed by atoms with E-state index in [1.807, 2.05) is 13.8 Å². The zero-order valence-electron chi connectivity index (χ0n) is 10.2. The topological polar surface area (TPSA) is 0 Å². The van der Waals surface area contributed by atoms with Crippen LogP contribution in [0.1, 0.15) is 46.0 Å². The van der Waals surface area contributed by atoms with Crippen LogP contribution in [0.15, 0.2) is 35.5 Å². The summed E-state index contributed by atoms with van der Waals surface area (Å²) in [5.41, 5.74) is 3.18. The molecule has 0 fully saturated rings. The van der Waals surface area contributed by atoms with Crippen molar-refractivity contribution in [2.75, 3.05) is 0 Å². The van der Waals surface area contributed by atoms with Gasteiger partial charge in [-0.15, -0.1) is 0 Å². The average Bonchev–Trinajstić information content (AvgIpc) is 2.45. The SMILES string of the molecule is C1=CC2=C(C=CC1)CCCC2.CC.[CH3-].[Rh]. The summed E-state index contributed by atoms with van der Waals surface area (Å²) in [5, 5.41) is 0. The first-order valence-corrected chi connectivity index (χ1v) is 5.52. The van der Waals surface area contributed by atoms with Crippen molar-refractivity contribution in [3.8, 4) is 0 Å². The van der Waals surface area contributed by atoms with Crippen LogP contribution >= 0.6 is 0 Å². The van der Waals surface area contributed by atoms with E-state index in [2.05, 4.69) is 24.3 Å². The summed E-state index contributed by atoms with van der Waals surface area (Å²) in [6.07, 6.45) is 15.7. The summed E-state index contributed by atoms with van der Waals surface area (Å²) in [4.78, 5) is 0. The van der Waals surface area contributed by atoms with Gasteiger partial charge < -0.3 is 7.43 Å². The van der Waals surface area contributed by atoms with E-state index in [1.165, 1.54) is 25.7 Å². The first-order chi connectivity index (χ1) is 6.47. The van der Waals surface area contributed by atoms with Crippen molar-refractivity contribution in [3.05, 3.63) is 42.9 Å². The molecule has 0 bridgehead atoms. The van der Waals surface area contributed by atoms with Crippen molar-refractivity contribution in [1.29, 1.82) is 0 Å². The Bertz CT molecular complexity index is 210. The van der Waals surface area contributed by atoms with Crippen LogP contribution in [0.2, 0.25) is 0 Å². The van der Waals surface area contributed by atoms with Crippen LogP contribution in [-0.2, 0) is 19.5 Å². The van der Waals surface area contributed by atoms with Crippen LogP contribution in [0.5, 0.6) is 0 Å². The molecule has 0 aromatic carbocycles. The molecule has 0 atom stereocenters. The van der Waals surface area contributed by atoms with Crippen LogP contribution in [0.4, 0.5) is 0 Å². The van der Waals surface area contributed by atoms with Crippen molar-refractivity contribution in [2.24, 2.45) is 0 Å². The second-order valence-electron chi connectivity index (χ2n) is 3.30. The Morgan fingerprint density at radius 2 is 1.27 bits per heavy atom. The molecule has 2 aliphatic rings. The van der Waals surface area contributed by atoms with Crippen molar-refractivity contribution >= 4 is 0 Å². The molecule has 1 radical (unpaired) electrons. The van der Waals surface area contributed by atoms with Gasteiger partial charge in [0.1, 0.15) is 0 Å². The maximum atomic E-state index is 2.31. The van der Waals surface area contributed by atoms with Gasteiger partial charge in [-0.25, -0.2) is 0 Å². The normalized spacial score (nSPS) is 17.5. The maximum Gasteiger partial charge on any atom is 0 e. The van der Waals surface area contributed by atoms with Gasteiger partial charge in [-0.05, 0) is 43.3 Å². The van der Waals surface area contributed by atoms with Crippen LogP contribution in [0.3, 0.4) is 0 Å². The van der Waals surface area contributed by atoms with Gasteiger partial charge in [0.15, 0.2) is 0 Å². The number of rotatable bonds is 0. The maximum absolute atomic E-state index is 2.31. The molecule has 89 valence electrons. The first-order valence-electron chi connectivity index (χ1n) is 5.52. The van der Waals surface area contributed by atoms with Gasteiger partial charge in [-0.1, -0.05) is 38.2 Å². The molecule has 2 rings (SSSR count). The van der Waals surface area contributed by atoms with E-state index in [9.17, 15) is 0 Å². The smallest absolute Gasteiger partial charge is 0 e. The molecule has 0 N–H and O–H groups in total. The van der Waals surface area contributed by atoms with Crippen LogP contribution in [-0.4, -0.2) is 0 Å². The Kier molecular flexibility index (Phi) is 11.9. The summed E-state index contributed by atoms with van der Waals surface area (Å²) < 4.78 is 0. The van der Waals surface area contributed by atoms with Gasteiger partial charge in [-0.2, -0.15) is 0 Å². The zero-order valence-corrected chi connectivity index (χ0v) is 11.8. The largest absolute Gasteiger partial charge is 0.358 e. The molecule has 0 unspecified atom stereocenters. The predicted molar refractivity (Wildman–Crippen MR) is 66.2 cm³/mol. The summed E-state index contributed by atoms with van der Waals surface area (Å²) in [7, 11) is 0. The van der Waals surface area contributed by atoms with Crippen molar-refractivity contribution in [1.82, 2.24) is 0 Å². The fourth-order valence-electron chi connectivity index (χ4n) is 1.83. The Morgan fingerprint density at radius 3 is 1.67 bits per heavy atom. The zero-order chi connectivity index (χ0) is 9.52. The Balaban J connectivity index is 0. The minimum atomic E-state index is 0. The summed E-state index contributed by atoms with van der Waals surface area (Å²) in [6.45, 7) is 4.00. The molecule has 0 nitrogen and oxygen atoms in total. The Hall–Kier alpha value is -0.157. The average molecular weight is 294 g/mol. The van der Waals surface area contributed by atoms with Gasteiger partial charge in [-0.3, -0.25) is 0 Å². The first kappa shape index (κ1) is 17.2. The van der Waals surface area contributed by atoms with Gasteiger partial charge in [0, 0.05) is 19.5 Å². The number of allylic oxidation sites excluding steroid dienone is 6. The van der Waals surface area contributed by atoms with E-state index in [4.69, 9.17) is 0 Å². The van der Waals surface area contributed by atoms with Crippen molar-refractivity contribution in [2.45, 2.75) is 46.0 Å². The molecule has 0 saturated carbocycles. The molecule has 0 aromatic rings. The van der Waals surface area contributed by atoms with Gasteiger partial charge in [0.25, 0.3) is 0 Å². The summed E-state index contributed by atoms with van der Waals surface area (Å²) >= 11 is 0. The fraction of sp³-hybridized carbons (Fsp3) is 0.500. The molecule has 0 aromatic heterocycles. The van der Waals surface area contributed by atoms with Gasteiger partial charge in [0.05, 0.1) is 0 Å². The van der Waals surface area contributed by atoms with E-state index in [0.717, 1.165) is 6.42 Å². The molecule has 0 spiro atoms. The number of hydrogen-bond donors (Lipinski definition) is 0. The third-order valence-corrected chi connectivity index (χ3v) is 2.46. The molecule has 0 saturated heterocycles. The fourth-order valence-corrected chi connectivity index (χ4v) is 1.83. The minimum absolute atomic E-state index is 0. The van der Waals surface area contributed by atoms with E-state index >= 15 is 0 Å². The Labute approximate surface area is 108 Å². The van der Waals surface area contributed by atoms with Gasteiger partial charge in [0.2, 0.25) is 0 Å². The Morgan fingerprint density at radius 1 is 0.867 bits per heavy atom. The molecule has 1 heteroatoms. The second-order valence-corrected chi connectivity index (χ2v) is 3.30. The van der Waals surface area contributed by atoms with E-state index in [-0.39, 0.29) is 26.9 Å². The molecular weight excluding hydrogens is 271 g/mol. The standard InChI is InChI=1S/C11H14.C2H6.CH3.Rh/c1-2-6-10-8-4-5-9-11(10)7-3-1;1-2;;/h2-3,6-7H,1,4-5,8-9H2;1-2H3;1H3;/q;;-1;. The van der Waals surface area contributed by atoms with Crippen molar-refractivity contribution in [3.63, 3.8) is 0 Å². The van der Waals surface area contributed by atoms with E-state index in [0.29, 0.717) is 0 Å².